The molecule has 0 radical (unpaired) electrons. The lowest BCUT2D eigenvalue weighted by molar-refractivity contribution is -0.284. The maximum Gasteiger partial charge on any atom is 0.462 e. The van der Waals surface area contributed by atoms with E-state index >= 15 is 0 Å². The molecular weight excluding hydrogens is 230 g/mol. The van der Waals surface area contributed by atoms with Crippen LogP contribution in [0.1, 0.15) is 0 Å². The summed E-state index contributed by atoms with van der Waals surface area (Å²) in [5.74, 6) is -6.07. The molecule has 0 rings (SSSR count). The minimum atomic E-state index is -6.07. The molecule has 0 amide bonds. The van der Waals surface area contributed by atoms with Crippen molar-refractivity contribution in [3.05, 3.63) is 0 Å². The summed E-state index contributed by atoms with van der Waals surface area (Å²) in [6.45, 7) is 0. The average Bonchev–Trinajstić information content (AvgIpc) is 1.80. The first-order valence-electron chi connectivity index (χ1n) is 2.72. The van der Waals surface area contributed by atoms with Crippen molar-refractivity contribution in [2.45, 2.75) is 18.3 Å². The zero-order chi connectivity index (χ0) is 11.8. The molecule has 14 heavy (non-hydrogen) atoms. The van der Waals surface area contributed by atoms with Crippen LogP contribution < -0.4 is 5.32 Å². The Morgan fingerprint density at radius 2 is 1.29 bits per heavy atom. The Labute approximate surface area is 70.9 Å². The highest BCUT2D eigenvalue weighted by molar-refractivity contribution is 5.77. The van der Waals surface area contributed by atoms with Gasteiger partial charge < -0.3 is 0 Å². The summed E-state index contributed by atoms with van der Waals surface area (Å²) in [5.41, 5.74) is 0. The number of hydrogen-bond acceptors (Lipinski definition) is 2. The molecule has 0 atom stereocenters. The van der Waals surface area contributed by atoms with Crippen molar-refractivity contribution < 1.29 is 39.9 Å². The van der Waals surface area contributed by atoms with Crippen LogP contribution in [0.2, 0.25) is 0 Å². The van der Waals surface area contributed by atoms with Gasteiger partial charge in [-0.25, -0.2) is 0 Å². The Morgan fingerprint density at radius 1 is 0.929 bits per heavy atom. The second-order valence-electron chi connectivity index (χ2n) is 2.05. The smallest absolute Gasteiger partial charge is 0.254 e. The van der Waals surface area contributed by atoms with E-state index < -0.39 is 29.6 Å². The second-order valence-corrected chi connectivity index (χ2v) is 2.05. The van der Waals surface area contributed by atoms with Crippen molar-refractivity contribution in [2.75, 3.05) is 0 Å². The fraction of sp³-hybridized carbons (Fsp3) is 0.750. The van der Waals surface area contributed by atoms with Crippen molar-refractivity contribution in [2.24, 2.45) is 0 Å². The van der Waals surface area contributed by atoms with Crippen LogP contribution in [-0.2, 0) is 4.79 Å². The Hall–Kier alpha value is -0.930. The number of hydrogen-bond donors (Lipinski definition) is 1. The van der Waals surface area contributed by atoms with Gasteiger partial charge in [-0.3, -0.25) is 4.79 Å². The normalized spacial score (nSPS) is 14.3. The van der Waals surface area contributed by atoms with Crippen LogP contribution in [0.4, 0.5) is 35.1 Å². The monoisotopic (exact) mass is 231 g/mol. The van der Waals surface area contributed by atoms with Crippen LogP contribution in [-0.4, -0.2) is 24.3 Å². The first-order valence-corrected chi connectivity index (χ1v) is 2.72. The van der Waals surface area contributed by atoms with E-state index in [1.165, 1.54) is 0 Å². The van der Waals surface area contributed by atoms with Gasteiger partial charge in [-0.1, -0.05) is 0 Å². The fourth-order valence-corrected chi connectivity index (χ4v) is 0.380. The number of carbonyl (C=O) groups is 1. The lowest BCUT2D eigenvalue weighted by Gasteiger charge is -2.24. The molecule has 10 heteroatoms. The third kappa shape index (κ3) is 2.79. The molecule has 0 aromatic rings. The van der Waals surface area contributed by atoms with Gasteiger partial charge in [0, 0.05) is 0 Å². The molecule has 0 aromatic heterocycles. The summed E-state index contributed by atoms with van der Waals surface area (Å²) in [4.78, 5) is 9.29. The zero-order valence-corrected chi connectivity index (χ0v) is 5.93. The first-order chi connectivity index (χ1) is 5.90. The molecule has 0 spiro atoms. The van der Waals surface area contributed by atoms with E-state index in [1.54, 1.807) is 0 Å². The SMILES string of the molecule is O=C(F)C(F)(F)C(F)(F)NC(F)(F)F. The maximum absolute atomic E-state index is 11.9. The van der Waals surface area contributed by atoms with Crippen molar-refractivity contribution in [1.29, 1.82) is 0 Å². The summed E-state index contributed by atoms with van der Waals surface area (Å²) in [7, 11) is 0. The Kier molecular flexibility index (Phi) is 3.11. The van der Waals surface area contributed by atoms with Gasteiger partial charge in [0.15, 0.2) is 0 Å². The molecule has 0 unspecified atom stereocenters. The summed E-state index contributed by atoms with van der Waals surface area (Å²) >= 11 is 0. The quantitative estimate of drug-likeness (QED) is 0.456. The predicted octanol–water partition coefficient (Wildman–Crippen LogP) is 1.82. The Morgan fingerprint density at radius 3 is 1.50 bits per heavy atom. The molecule has 2 nitrogen and oxygen atoms in total. The van der Waals surface area contributed by atoms with Gasteiger partial charge >= 0.3 is 24.3 Å². The Bertz CT molecular complexity index is 232. The van der Waals surface area contributed by atoms with Gasteiger partial charge in [0.2, 0.25) is 0 Å². The Balaban J connectivity index is 4.87. The lowest BCUT2D eigenvalue weighted by Crippen LogP contribution is -2.59. The van der Waals surface area contributed by atoms with Crippen LogP contribution in [0.3, 0.4) is 0 Å². The molecule has 0 fully saturated rings. The van der Waals surface area contributed by atoms with E-state index in [2.05, 4.69) is 0 Å². The van der Waals surface area contributed by atoms with Gasteiger partial charge in [-0.15, -0.1) is 0 Å². The van der Waals surface area contributed by atoms with E-state index in [1.807, 2.05) is 0 Å². The van der Waals surface area contributed by atoms with E-state index in [0.717, 1.165) is 0 Å². The first kappa shape index (κ1) is 13.1. The number of carbonyl (C=O) groups excluding carboxylic acids is 1. The molecule has 84 valence electrons. The third-order valence-electron chi connectivity index (χ3n) is 0.940. The molecule has 0 aromatic carbocycles. The lowest BCUT2D eigenvalue weighted by atomic mass is 10.3. The fourth-order valence-electron chi connectivity index (χ4n) is 0.380. The number of alkyl halides is 7. The number of nitrogens with one attached hydrogen (secondary N) is 1. The minimum absolute atomic E-state index is 0.827. The molecule has 0 aliphatic rings. The topological polar surface area (TPSA) is 29.1 Å². The van der Waals surface area contributed by atoms with Crippen molar-refractivity contribution in [3.63, 3.8) is 0 Å². The zero-order valence-electron chi connectivity index (χ0n) is 5.93. The van der Waals surface area contributed by atoms with Crippen LogP contribution in [0.25, 0.3) is 0 Å². The molecular formula is C4HF8NO. The molecule has 0 saturated carbocycles. The number of rotatable bonds is 3. The molecule has 1 N–H and O–H groups in total. The average molecular weight is 231 g/mol. The third-order valence-corrected chi connectivity index (χ3v) is 0.940. The summed E-state index contributed by atoms with van der Waals surface area (Å²) in [6, 6.07) is -9.89. The second kappa shape index (κ2) is 3.33. The predicted molar refractivity (Wildman–Crippen MR) is 25.2 cm³/mol. The van der Waals surface area contributed by atoms with Crippen LogP contribution in [0, 0.1) is 0 Å². The van der Waals surface area contributed by atoms with Gasteiger partial charge in [0.25, 0.3) is 0 Å². The van der Waals surface area contributed by atoms with Crippen LogP contribution in [0.15, 0.2) is 0 Å². The van der Waals surface area contributed by atoms with Gasteiger partial charge in [-0.05, 0) is 0 Å². The highest BCUT2D eigenvalue weighted by Gasteiger charge is 2.66. The van der Waals surface area contributed by atoms with Gasteiger partial charge in [0.05, 0.1) is 0 Å². The van der Waals surface area contributed by atoms with E-state index in [0.29, 0.717) is 0 Å². The van der Waals surface area contributed by atoms with Crippen molar-refractivity contribution in [1.82, 2.24) is 5.32 Å². The summed E-state index contributed by atoms with van der Waals surface area (Å²) in [5, 5.41) is -0.827. The van der Waals surface area contributed by atoms with Crippen molar-refractivity contribution >= 4 is 6.04 Å². The number of halogens is 8. The molecule has 0 aliphatic heterocycles. The van der Waals surface area contributed by atoms with E-state index in [-0.39, 0.29) is 0 Å². The molecule has 0 heterocycles. The molecule has 0 bridgehead atoms. The summed E-state index contributed by atoms with van der Waals surface area (Å²) in [6.07, 6.45) is -5.87. The minimum Gasteiger partial charge on any atom is -0.254 e. The highest BCUT2D eigenvalue weighted by Crippen LogP contribution is 2.35. The van der Waals surface area contributed by atoms with Gasteiger partial charge in [-0.2, -0.15) is 40.4 Å². The van der Waals surface area contributed by atoms with Gasteiger partial charge in [0.1, 0.15) is 0 Å². The van der Waals surface area contributed by atoms with Crippen molar-refractivity contribution in [3.8, 4) is 0 Å². The largest absolute Gasteiger partial charge is 0.462 e. The van der Waals surface area contributed by atoms with E-state index in [4.69, 9.17) is 0 Å². The highest BCUT2D eigenvalue weighted by atomic mass is 19.4. The summed E-state index contributed by atoms with van der Waals surface area (Å²) < 4.78 is 92.3. The molecule has 0 aliphatic carbocycles. The van der Waals surface area contributed by atoms with Crippen LogP contribution in [0.5, 0.6) is 0 Å². The molecule has 0 saturated heterocycles. The van der Waals surface area contributed by atoms with E-state index in [9.17, 15) is 39.9 Å². The maximum atomic E-state index is 11.9. The standard InChI is InChI=1S/C4HF8NO/c5-1(14)2(6,7)3(8,9)13-4(10,11)12/h13H. The van der Waals surface area contributed by atoms with Crippen LogP contribution >= 0.6 is 0 Å².